The summed E-state index contributed by atoms with van der Waals surface area (Å²) in [6.45, 7) is 4.73. The SMILES string of the molecule is CC(C)(C)OC(=O)N[C@@H](COc1cccnc1N)C(=O)O. The van der Waals surface area contributed by atoms with Crippen LogP contribution in [0.5, 0.6) is 5.75 Å². The first-order valence-electron chi connectivity index (χ1n) is 6.24. The van der Waals surface area contributed by atoms with Crippen molar-refractivity contribution in [2.75, 3.05) is 12.3 Å². The molecule has 0 saturated carbocycles. The summed E-state index contributed by atoms with van der Waals surface area (Å²) in [6, 6.07) is 1.89. The number of amides is 1. The number of pyridine rings is 1. The van der Waals surface area contributed by atoms with E-state index in [2.05, 4.69) is 10.3 Å². The molecule has 1 aromatic heterocycles. The van der Waals surface area contributed by atoms with Crippen molar-refractivity contribution in [3.63, 3.8) is 0 Å². The Hall–Kier alpha value is -2.51. The van der Waals surface area contributed by atoms with Gasteiger partial charge in [0.05, 0.1) is 0 Å². The van der Waals surface area contributed by atoms with Gasteiger partial charge in [-0.25, -0.2) is 14.6 Å². The second kappa shape index (κ2) is 6.78. The summed E-state index contributed by atoms with van der Waals surface area (Å²) >= 11 is 0. The van der Waals surface area contributed by atoms with E-state index in [0.29, 0.717) is 0 Å². The Morgan fingerprint density at radius 1 is 1.48 bits per heavy atom. The molecule has 0 spiro atoms. The van der Waals surface area contributed by atoms with E-state index in [9.17, 15) is 9.59 Å². The van der Waals surface area contributed by atoms with E-state index < -0.39 is 23.7 Å². The minimum atomic E-state index is -1.26. The molecule has 116 valence electrons. The smallest absolute Gasteiger partial charge is 0.408 e. The number of nitrogens with two attached hydrogens (primary N) is 1. The second-order valence-electron chi connectivity index (χ2n) is 5.23. The normalized spacial score (nSPS) is 12.3. The van der Waals surface area contributed by atoms with E-state index in [1.807, 2.05) is 0 Å². The number of nitrogens with one attached hydrogen (secondary N) is 1. The predicted molar refractivity (Wildman–Crippen MR) is 74.9 cm³/mol. The van der Waals surface area contributed by atoms with Gasteiger partial charge in [0.1, 0.15) is 12.2 Å². The molecule has 0 bridgehead atoms. The van der Waals surface area contributed by atoms with Crippen LogP contribution < -0.4 is 15.8 Å². The lowest BCUT2D eigenvalue weighted by molar-refractivity contribution is -0.140. The van der Waals surface area contributed by atoms with E-state index in [1.165, 1.54) is 6.20 Å². The fraction of sp³-hybridized carbons (Fsp3) is 0.462. The zero-order valence-corrected chi connectivity index (χ0v) is 12.1. The minimum absolute atomic E-state index is 0.138. The Morgan fingerprint density at radius 2 is 2.14 bits per heavy atom. The zero-order chi connectivity index (χ0) is 16.0. The highest BCUT2D eigenvalue weighted by atomic mass is 16.6. The molecule has 0 radical (unpaired) electrons. The maximum absolute atomic E-state index is 11.6. The van der Waals surface area contributed by atoms with Gasteiger partial charge in [0, 0.05) is 6.20 Å². The molecule has 8 heteroatoms. The van der Waals surface area contributed by atoms with Crippen LogP contribution in [0.1, 0.15) is 20.8 Å². The lowest BCUT2D eigenvalue weighted by Gasteiger charge is -2.22. The third kappa shape index (κ3) is 5.98. The van der Waals surface area contributed by atoms with Crippen molar-refractivity contribution >= 4 is 17.9 Å². The summed E-state index contributed by atoms with van der Waals surface area (Å²) in [5, 5.41) is 11.3. The number of hydrogen-bond acceptors (Lipinski definition) is 6. The summed E-state index contributed by atoms with van der Waals surface area (Å²) < 4.78 is 10.2. The van der Waals surface area contributed by atoms with Gasteiger partial charge in [-0.15, -0.1) is 0 Å². The van der Waals surface area contributed by atoms with Gasteiger partial charge in [-0.05, 0) is 32.9 Å². The Balaban J connectivity index is 2.61. The summed E-state index contributed by atoms with van der Waals surface area (Å²) in [4.78, 5) is 26.5. The van der Waals surface area contributed by atoms with Crippen molar-refractivity contribution in [3.05, 3.63) is 18.3 Å². The van der Waals surface area contributed by atoms with Crippen molar-refractivity contribution in [1.82, 2.24) is 10.3 Å². The molecule has 0 aliphatic heterocycles. The number of nitrogens with zero attached hydrogens (tertiary/aromatic N) is 1. The third-order valence-corrected chi connectivity index (χ3v) is 2.19. The highest BCUT2D eigenvalue weighted by Gasteiger charge is 2.24. The zero-order valence-electron chi connectivity index (χ0n) is 12.1. The van der Waals surface area contributed by atoms with Gasteiger partial charge in [0.15, 0.2) is 17.6 Å². The van der Waals surface area contributed by atoms with Gasteiger partial charge in [-0.2, -0.15) is 0 Å². The van der Waals surface area contributed by atoms with Crippen LogP contribution in [0.2, 0.25) is 0 Å². The number of aromatic nitrogens is 1. The van der Waals surface area contributed by atoms with Crippen LogP contribution in [0.4, 0.5) is 10.6 Å². The van der Waals surface area contributed by atoms with Crippen LogP contribution in [0.25, 0.3) is 0 Å². The van der Waals surface area contributed by atoms with E-state index >= 15 is 0 Å². The number of hydrogen-bond donors (Lipinski definition) is 3. The number of carboxylic acid groups (broad SMARTS) is 1. The van der Waals surface area contributed by atoms with Crippen molar-refractivity contribution < 1.29 is 24.2 Å². The van der Waals surface area contributed by atoms with Crippen LogP contribution in [0.15, 0.2) is 18.3 Å². The maximum atomic E-state index is 11.6. The average Bonchev–Trinajstić information content (AvgIpc) is 2.33. The quantitative estimate of drug-likeness (QED) is 0.741. The number of nitrogen functional groups attached to an aromatic ring is 1. The minimum Gasteiger partial charge on any atom is -0.487 e. The molecule has 1 heterocycles. The fourth-order valence-electron chi connectivity index (χ4n) is 1.32. The van der Waals surface area contributed by atoms with Crippen molar-refractivity contribution in [2.24, 2.45) is 0 Å². The Bertz CT molecular complexity index is 513. The van der Waals surface area contributed by atoms with Gasteiger partial charge < -0.3 is 25.6 Å². The van der Waals surface area contributed by atoms with Crippen LogP contribution in [0, 0.1) is 0 Å². The van der Waals surface area contributed by atoms with Crippen LogP contribution >= 0.6 is 0 Å². The van der Waals surface area contributed by atoms with E-state index in [0.717, 1.165) is 0 Å². The molecule has 0 aliphatic carbocycles. The van der Waals surface area contributed by atoms with Gasteiger partial charge in [0.25, 0.3) is 0 Å². The molecule has 1 amide bonds. The molecule has 0 unspecified atom stereocenters. The molecule has 1 aromatic rings. The standard InChI is InChI=1S/C13H19N3O5/c1-13(2,3)21-12(19)16-8(11(17)18)7-20-9-5-4-6-15-10(9)14/h4-6,8H,7H2,1-3H3,(H2,14,15)(H,16,19)(H,17,18)/t8-/m0/s1. The number of carboxylic acids is 1. The summed E-state index contributed by atoms with van der Waals surface area (Å²) in [5.41, 5.74) is 4.85. The van der Waals surface area contributed by atoms with Crippen LogP contribution in [-0.4, -0.2) is 40.4 Å². The monoisotopic (exact) mass is 297 g/mol. The number of ether oxygens (including phenoxy) is 2. The first-order chi connectivity index (χ1) is 9.69. The Kier molecular flexibility index (Phi) is 5.34. The molecule has 8 nitrogen and oxygen atoms in total. The number of carbonyl (C=O) groups is 2. The highest BCUT2D eigenvalue weighted by Crippen LogP contribution is 2.17. The van der Waals surface area contributed by atoms with E-state index in [1.54, 1.807) is 32.9 Å². The maximum Gasteiger partial charge on any atom is 0.408 e. The van der Waals surface area contributed by atoms with Crippen molar-refractivity contribution in [2.45, 2.75) is 32.4 Å². The van der Waals surface area contributed by atoms with E-state index in [4.69, 9.17) is 20.3 Å². The van der Waals surface area contributed by atoms with Gasteiger partial charge >= 0.3 is 12.1 Å². The Labute approximate surface area is 122 Å². The third-order valence-electron chi connectivity index (χ3n) is 2.19. The van der Waals surface area contributed by atoms with E-state index in [-0.39, 0.29) is 18.2 Å². The molecule has 0 saturated heterocycles. The number of carbonyl (C=O) groups excluding carboxylic acids is 1. The van der Waals surface area contributed by atoms with Gasteiger partial charge in [-0.1, -0.05) is 0 Å². The Morgan fingerprint density at radius 3 is 2.67 bits per heavy atom. The van der Waals surface area contributed by atoms with Crippen molar-refractivity contribution in [3.8, 4) is 5.75 Å². The average molecular weight is 297 g/mol. The molecule has 1 atom stereocenters. The lowest BCUT2D eigenvalue weighted by Crippen LogP contribution is -2.46. The molecular weight excluding hydrogens is 278 g/mol. The number of anilines is 1. The van der Waals surface area contributed by atoms with Gasteiger partial charge in [0.2, 0.25) is 0 Å². The molecule has 0 aromatic carbocycles. The highest BCUT2D eigenvalue weighted by molar-refractivity contribution is 5.80. The molecule has 1 rings (SSSR count). The molecular formula is C13H19N3O5. The summed E-state index contributed by atoms with van der Waals surface area (Å²) in [7, 11) is 0. The predicted octanol–water partition coefficient (Wildman–Crippen LogP) is 1.02. The largest absolute Gasteiger partial charge is 0.487 e. The fourth-order valence-corrected chi connectivity index (χ4v) is 1.32. The topological polar surface area (TPSA) is 124 Å². The first-order valence-corrected chi connectivity index (χ1v) is 6.24. The molecule has 4 N–H and O–H groups in total. The van der Waals surface area contributed by atoms with Crippen molar-refractivity contribution in [1.29, 1.82) is 0 Å². The molecule has 0 aliphatic rings. The summed E-state index contributed by atoms with van der Waals surface area (Å²) in [6.07, 6.45) is 0.646. The van der Waals surface area contributed by atoms with Crippen LogP contribution in [0.3, 0.4) is 0 Å². The molecule has 0 fully saturated rings. The number of rotatable bonds is 5. The molecule has 21 heavy (non-hydrogen) atoms. The van der Waals surface area contributed by atoms with Gasteiger partial charge in [-0.3, -0.25) is 0 Å². The second-order valence-corrected chi connectivity index (χ2v) is 5.23. The van der Waals surface area contributed by atoms with Crippen LogP contribution in [-0.2, 0) is 9.53 Å². The first kappa shape index (κ1) is 16.5. The number of alkyl carbamates (subject to hydrolysis) is 1. The number of aliphatic carboxylic acids is 1. The lowest BCUT2D eigenvalue weighted by atomic mass is 10.2. The summed E-state index contributed by atoms with van der Waals surface area (Å²) in [5.74, 6) is -0.864.